The molecule has 2 N–H and O–H groups in total. The molecule has 110 valence electrons. The molecule has 1 saturated heterocycles. The largest absolute Gasteiger partial charge is 0.338 e. The average Bonchev–Trinajstić information content (AvgIpc) is 3.20. The number of piperidine rings is 1. The highest BCUT2D eigenvalue weighted by molar-refractivity contribution is 5.82. The summed E-state index contributed by atoms with van der Waals surface area (Å²) in [6.07, 6.45) is 4.76. The molecule has 19 heavy (non-hydrogen) atoms. The zero-order valence-electron chi connectivity index (χ0n) is 12.6. The smallest absolute Gasteiger partial charge is 0.240 e. The normalized spacial score (nSPS) is 23.6. The van der Waals surface area contributed by atoms with E-state index in [2.05, 4.69) is 16.8 Å². The SMILES string of the molecule is CC(C)[C@H](N)C(=O)N(CC1CCN(C)CC1)C1CC1. The van der Waals surface area contributed by atoms with Crippen LogP contribution in [0.1, 0.15) is 39.5 Å². The van der Waals surface area contributed by atoms with E-state index in [1.165, 1.54) is 25.7 Å². The molecule has 4 nitrogen and oxygen atoms in total. The van der Waals surface area contributed by atoms with Crippen molar-refractivity contribution in [3.63, 3.8) is 0 Å². The zero-order valence-corrected chi connectivity index (χ0v) is 12.6. The molecule has 0 spiro atoms. The molecule has 1 aliphatic carbocycles. The molecule has 0 aromatic rings. The Balaban J connectivity index is 1.91. The molecule has 4 heteroatoms. The number of hydrogen-bond donors (Lipinski definition) is 1. The van der Waals surface area contributed by atoms with Crippen LogP contribution in [-0.2, 0) is 4.79 Å². The topological polar surface area (TPSA) is 49.6 Å². The summed E-state index contributed by atoms with van der Waals surface area (Å²) in [5.74, 6) is 1.07. The van der Waals surface area contributed by atoms with E-state index >= 15 is 0 Å². The van der Waals surface area contributed by atoms with Gasteiger partial charge in [0.05, 0.1) is 6.04 Å². The van der Waals surface area contributed by atoms with Gasteiger partial charge in [-0.2, -0.15) is 0 Å². The summed E-state index contributed by atoms with van der Waals surface area (Å²) in [6, 6.07) is 0.156. The fourth-order valence-electron chi connectivity index (χ4n) is 2.80. The van der Waals surface area contributed by atoms with E-state index in [9.17, 15) is 4.79 Å². The molecule has 2 aliphatic rings. The number of amides is 1. The molecule has 0 aromatic heterocycles. The Hall–Kier alpha value is -0.610. The Labute approximate surface area is 117 Å². The van der Waals surface area contributed by atoms with Crippen LogP contribution < -0.4 is 5.73 Å². The molecule has 1 heterocycles. The number of likely N-dealkylation sites (tertiary alicyclic amines) is 1. The summed E-state index contributed by atoms with van der Waals surface area (Å²) in [4.78, 5) is 17.0. The van der Waals surface area contributed by atoms with E-state index in [0.29, 0.717) is 12.0 Å². The van der Waals surface area contributed by atoms with Gasteiger partial charge in [-0.25, -0.2) is 0 Å². The molecule has 1 saturated carbocycles. The Morgan fingerprint density at radius 2 is 1.84 bits per heavy atom. The van der Waals surface area contributed by atoms with Gasteiger partial charge in [-0.3, -0.25) is 4.79 Å². The quantitative estimate of drug-likeness (QED) is 0.817. The second kappa shape index (κ2) is 6.23. The van der Waals surface area contributed by atoms with Crippen LogP contribution in [0, 0.1) is 11.8 Å². The molecular formula is C15H29N3O. The van der Waals surface area contributed by atoms with Crippen molar-refractivity contribution in [1.82, 2.24) is 9.80 Å². The van der Waals surface area contributed by atoms with Crippen LogP contribution in [0.5, 0.6) is 0 Å². The van der Waals surface area contributed by atoms with Gasteiger partial charge in [0.25, 0.3) is 0 Å². The van der Waals surface area contributed by atoms with Crippen LogP contribution in [0.2, 0.25) is 0 Å². The Morgan fingerprint density at radius 3 is 2.32 bits per heavy atom. The van der Waals surface area contributed by atoms with Crippen molar-refractivity contribution in [2.24, 2.45) is 17.6 Å². The van der Waals surface area contributed by atoms with Crippen molar-refractivity contribution < 1.29 is 4.79 Å². The molecule has 1 atom stereocenters. The number of rotatable bonds is 5. The fourth-order valence-corrected chi connectivity index (χ4v) is 2.80. The predicted octanol–water partition coefficient (Wildman–Crippen LogP) is 1.30. The van der Waals surface area contributed by atoms with E-state index < -0.39 is 0 Å². The van der Waals surface area contributed by atoms with Crippen molar-refractivity contribution in [2.75, 3.05) is 26.7 Å². The van der Waals surface area contributed by atoms with Crippen molar-refractivity contribution in [2.45, 2.75) is 51.6 Å². The first-order valence-corrected chi connectivity index (χ1v) is 7.73. The number of nitrogens with zero attached hydrogens (tertiary/aromatic N) is 2. The lowest BCUT2D eigenvalue weighted by molar-refractivity contribution is -0.135. The van der Waals surface area contributed by atoms with E-state index in [0.717, 1.165) is 19.6 Å². The maximum atomic E-state index is 12.5. The average molecular weight is 267 g/mol. The third-order valence-corrected chi connectivity index (χ3v) is 4.57. The van der Waals surface area contributed by atoms with Gasteiger partial charge in [-0.05, 0) is 57.7 Å². The molecule has 2 fully saturated rings. The first-order chi connectivity index (χ1) is 8.99. The molecule has 1 aliphatic heterocycles. The second-order valence-electron chi connectivity index (χ2n) is 6.74. The summed E-state index contributed by atoms with van der Waals surface area (Å²) >= 11 is 0. The van der Waals surface area contributed by atoms with Gasteiger partial charge in [0.15, 0.2) is 0 Å². The molecule has 2 rings (SSSR count). The number of carbonyl (C=O) groups is 1. The van der Waals surface area contributed by atoms with Gasteiger partial charge < -0.3 is 15.5 Å². The van der Waals surface area contributed by atoms with Crippen LogP contribution in [-0.4, -0.2) is 54.5 Å². The minimum atomic E-state index is -0.327. The van der Waals surface area contributed by atoms with Gasteiger partial charge in [-0.1, -0.05) is 13.8 Å². The first kappa shape index (κ1) is 14.8. The third-order valence-electron chi connectivity index (χ3n) is 4.57. The molecule has 0 bridgehead atoms. The fraction of sp³-hybridized carbons (Fsp3) is 0.933. The summed E-state index contributed by atoms with van der Waals surface area (Å²) in [5, 5.41) is 0. The van der Waals surface area contributed by atoms with Crippen LogP contribution in [0.15, 0.2) is 0 Å². The Morgan fingerprint density at radius 1 is 1.26 bits per heavy atom. The summed E-state index contributed by atoms with van der Waals surface area (Å²) in [6.45, 7) is 7.31. The number of carbonyl (C=O) groups excluding carboxylic acids is 1. The van der Waals surface area contributed by atoms with E-state index in [1.54, 1.807) is 0 Å². The molecule has 1 amide bonds. The summed E-state index contributed by atoms with van der Waals surface area (Å²) in [7, 11) is 2.18. The van der Waals surface area contributed by atoms with Crippen molar-refractivity contribution in [3.05, 3.63) is 0 Å². The molecular weight excluding hydrogens is 238 g/mol. The number of hydrogen-bond acceptors (Lipinski definition) is 3. The van der Waals surface area contributed by atoms with Gasteiger partial charge in [0.2, 0.25) is 5.91 Å². The lowest BCUT2D eigenvalue weighted by atomic mass is 9.95. The third kappa shape index (κ3) is 3.93. The van der Waals surface area contributed by atoms with Crippen LogP contribution in [0.3, 0.4) is 0 Å². The van der Waals surface area contributed by atoms with E-state index in [4.69, 9.17) is 5.73 Å². The van der Waals surface area contributed by atoms with Gasteiger partial charge in [0, 0.05) is 12.6 Å². The molecule has 0 unspecified atom stereocenters. The van der Waals surface area contributed by atoms with Crippen molar-refractivity contribution in [3.8, 4) is 0 Å². The van der Waals surface area contributed by atoms with E-state index in [-0.39, 0.29) is 17.9 Å². The minimum Gasteiger partial charge on any atom is -0.338 e. The standard InChI is InChI=1S/C15H29N3O/c1-11(2)14(16)15(19)18(13-4-5-13)10-12-6-8-17(3)9-7-12/h11-14H,4-10,16H2,1-3H3/t14-/m0/s1. The Bertz CT molecular complexity index is 307. The number of nitrogens with two attached hydrogens (primary N) is 1. The first-order valence-electron chi connectivity index (χ1n) is 7.73. The van der Waals surface area contributed by atoms with Crippen LogP contribution >= 0.6 is 0 Å². The maximum Gasteiger partial charge on any atom is 0.240 e. The highest BCUT2D eigenvalue weighted by atomic mass is 16.2. The van der Waals surface area contributed by atoms with Gasteiger partial charge >= 0.3 is 0 Å². The van der Waals surface area contributed by atoms with E-state index in [1.807, 2.05) is 13.8 Å². The highest BCUT2D eigenvalue weighted by Crippen LogP contribution is 2.30. The lowest BCUT2D eigenvalue weighted by Crippen LogP contribution is -2.49. The van der Waals surface area contributed by atoms with Gasteiger partial charge in [0.1, 0.15) is 0 Å². The monoisotopic (exact) mass is 267 g/mol. The van der Waals surface area contributed by atoms with Crippen molar-refractivity contribution in [1.29, 1.82) is 0 Å². The lowest BCUT2D eigenvalue weighted by Gasteiger charge is -2.34. The molecule has 0 aromatic carbocycles. The summed E-state index contributed by atoms with van der Waals surface area (Å²) < 4.78 is 0. The maximum absolute atomic E-state index is 12.5. The second-order valence-corrected chi connectivity index (χ2v) is 6.74. The minimum absolute atomic E-state index is 0.177. The Kier molecular flexibility index (Phi) is 4.85. The summed E-state index contributed by atoms with van der Waals surface area (Å²) in [5.41, 5.74) is 6.05. The van der Waals surface area contributed by atoms with Gasteiger partial charge in [-0.15, -0.1) is 0 Å². The van der Waals surface area contributed by atoms with Crippen LogP contribution in [0.25, 0.3) is 0 Å². The molecule has 0 radical (unpaired) electrons. The van der Waals surface area contributed by atoms with Crippen LogP contribution in [0.4, 0.5) is 0 Å². The highest BCUT2D eigenvalue weighted by Gasteiger charge is 2.37. The zero-order chi connectivity index (χ0) is 14.0. The van der Waals surface area contributed by atoms with Crippen molar-refractivity contribution >= 4 is 5.91 Å². The predicted molar refractivity (Wildman–Crippen MR) is 77.8 cm³/mol.